The van der Waals surface area contributed by atoms with Gasteiger partial charge >= 0.3 is 0 Å². The Bertz CT molecular complexity index is 661. The Labute approximate surface area is 116 Å². The highest BCUT2D eigenvalue weighted by Crippen LogP contribution is 2.44. The lowest BCUT2D eigenvalue weighted by atomic mass is 10.0. The molecule has 0 aliphatic rings. The van der Waals surface area contributed by atoms with Crippen molar-refractivity contribution >= 4 is 5.78 Å². The first-order chi connectivity index (χ1) is 9.51. The van der Waals surface area contributed by atoms with Crippen LogP contribution in [0.25, 0.3) is 11.3 Å². The number of hydrogen-bond acceptors (Lipinski definition) is 5. The number of carbonyl (C=O) groups is 1. The van der Waals surface area contributed by atoms with Crippen molar-refractivity contribution < 1.29 is 19.4 Å². The van der Waals surface area contributed by atoms with Crippen molar-refractivity contribution in [3.63, 3.8) is 0 Å². The summed E-state index contributed by atoms with van der Waals surface area (Å²) in [5.74, 6) is 0.230. The van der Waals surface area contributed by atoms with E-state index in [0.717, 1.165) is 0 Å². The lowest BCUT2D eigenvalue weighted by Crippen LogP contribution is -2.03. The SMILES string of the molecule is COc1cc(OC)c(-c2ccnn2C)c(O)c1C(C)=O. The summed E-state index contributed by atoms with van der Waals surface area (Å²) in [5.41, 5.74) is 1.19. The molecular formula is C14H16N2O4. The van der Waals surface area contributed by atoms with Crippen LogP contribution in [0.3, 0.4) is 0 Å². The van der Waals surface area contributed by atoms with Crippen LogP contribution in [-0.4, -0.2) is 34.9 Å². The largest absolute Gasteiger partial charge is 0.506 e. The van der Waals surface area contributed by atoms with E-state index in [-0.39, 0.29) is 22.8 Å². The van der Waals surface area contributed by atoms with Gasteiger partial charge in [0.25, 0.3) is 0 Å². The highest BCUT2D eigenvalue weighted by Gasteiger charge is 2.24. The number of aromatic nitrogens is 2. The molecule has 0 atom stereocenters. The van der Waals surface area contributed by atoms with E-state index < -0.39 is 0 Å². The van der Waals surface area contributed by atoms with E-state index in [4.69, 9.17) is 9.47 Å². The normalized spacial score (nSPS) is 10.4. The summed E-state index contributed by atoms with van der Waals surface area (Å²) in [6.07, 6.45) is 1.60. The van der Waals surface area contributed by atoms with Gasteiger partial charge in [0, 0.05) is 19.3 Å². The third-order valence-electron chi connectivity index (χ3n) is 3.10. The average molecular weight is 276 g/mol. The van der Waals surface area contributed by atoms with Crippen molar-refractivity contribution in [1.82, 2.24) is 9.78 Å². The summed E-state index contributed by atoms with van der Waals surface area (Å²) in [5, 5.41) is 14.5. The lowest BCUT2D eigenvalue weighted by molar-refractivity contribution is 0.101. The monoisotopic (exact) mass is 276 g/mol. The second-order valence-electron chi connectivity index (χ2n) is 4.28. The maximum Gasteiger partial charge on any atom is 0.167 e. The Morgan fingerprint density at radius 2 is 1.95 bits per heavy atom. The number of ether oxygens (including phenoxy) is 2. The Kier molecular flexibility index (Phi) is 3.65. The Morgan fingerprint density at radius 3 is 2.40 bits per heavy atom. The molecule has 0 fully saturated rings. The van der Waals surface area contributed by atoms with Crippen molar-refractivity contribution in [1.29, 1.82) is 0 Å². The molecule has 2 rings (SSSR count). The number of aromatic hydroxyl groups is 1. The van der Waals surface area contributed by atoms with Gasteiger partial charge in [-0.1, -0.05) is 0 Å². The molecule has 1 aromatic heterocycles. The number of carbonyl (C=O) groups excluding carboxylic acids is 1. The number of hydrogen-bond donors (Lipinski definition) is 1. The highest BCUT2D eigenvalue weighted by atomic mass is 16.5. The van der Waals surface area contributed by atoms with Crippen molar-refractivity contribution in [3.05, 3.63) is 23.9 Å². The molecule has 0 spiro atoms. The molecule has 106 valence electrons. The molecule has 1 aromatic carbocycles. The second-order valence-corrected chi connectivity index (χ2v) is 4.28. The fourth-order valence-electron chi connectivity index (χ4n) is 2.15. The van der Waals surface area contributed by atoms with Gasteiger partial charge in [-0.15, -0.1) is 0 Å². The molecule has 6 nitrogen and oxygen atoms in total. The van der Waals surface area contributed by atoms with E-state index in [1.54, 1.807) is 30.1 Å². The van der Waals surface area contributed by atoms with Crippen molar-refractivity contribution in [3.8, 4) is 28.5 Å². The van der Waals surface area contributed by atoms with Crippen molar-refractivity contribution in [2.75, 3.05) is 14.2 Å². The Morgan fingerprint density at radius 1 is 1.30 bits per heavy atom. The highest BCUT2D eigenvalue weighted by molar-refractivity contribution is 6.02. The van der Waals surface area contributed by atoms with Crippen LogP contribution in [0.5, 0.6) is 17.2 Å². The van der Waals surface area contributed by atoms with Crippen LogP contribution >= 0.6 is 0 Å². The van der Waals surface area contributed by atoms with Gasteiger partial charge in [0.1, 0.15) is 22.8 Å². The zero-order valence-corrected chi connectivity index (χ0v) is 11.8. The smallest absolute Gasteiger partial charge is 0.167 e. The van der Waals surface area contributed by atoms with E-state index in [1.165, 1.54) is 21.1 Å². The van der Waals surface area contributed by atoms with Gasteiger partial charge in [-0.3, -0.25) is 9.48 Å². The topological polar surface area (TPSA) is 73.6 Å². The summed E-state index contributed by atoms with van der Waals surface area (Å²) in [6, 6.07) is 3.31. The van der Waals surface area contributed by atoms with Gasteiger partial charge in [-0.05, 0) is 13.0 Å². The quantitative estimate of drug-likeness (QED) is 0.865. The van der Waals surface area contributed by atoms with Gasteiger partial charge in [0.05, 0.1) is 25.5 Å². The fourth-order valence-corrected chi connectivity index (χ4v) is 2.15. The van der Waals surface area contributed by atoms with Crippen LogP contribution in [0, 0.1) is 0 Å². The predicted molar refractivity (Wildman–Crippen MR) is 73.4 cm³/mol. The number of benzene rings is 1. The summed E-state index contributed by atoms with van der Waals surface area (Å²) in [7, 11) is 4.66. The number of Topliss-reactive ketones (excluding diaryl/α,β-unsaturated/α-hetero) is 1. The molecule has 1 N–H and O–H groups in total. The zero-order chi connectivity index (χ0) is 14.9. The molecule has 6 heteroatoms. The second kappa shape index (κ2) is 5.24. The minimum atomic E-state index is -0.287. The van der Waals surface area contributed by atoms with Crippen LogP contribution in [0.4, 0.5) is 0 Å². The maximum absolute atomic E-state index is 11.7. The molecule has 20 heavy (non-hydrogen) atoms. The van der Waals surface area contributed by atoms with Crippen LogP contribution in [0.15, 0.2) is 18.3 Å². The molecule has 0 saturated heterocycles. The molecule has 0 amide bonds. The molecule has 0 radical (unpaired) electrons. The molecule has 0 unspecified atom stereocenters. The first kappa shape index (κ1) is 13.9. The lowest BCUT2D eigenvalue weighted by Gasteiger charge is -2.16. The first-order valence-corrected chi connectivity index (χ1v) is 5.98. The fraction of sp³-hybridized carbons (Fsp3) is 0.286. The van der Waals surface area contributed by atoms with E-state index in [1.807, 2.05) is 0 Å². The molecule has 0 aliphatic carbocycles. The van der Waals surface area contributed by atoms with Crippen LogP contribution < -0.4 is 9.47 Å². The third kappa shape index (κ3) is 2.09. The summed E-state index contributed by atoms with van der Waals surface area (Å²) < 4.78 is 12.0. The Balaban J connectivity index is 2.83. The average Bonchev–Trinajstić information content (AvgIpc) is 2.82. The summed E-state index contributed by atoms with van der Waals surface area (Å²) in [6.45, 7) is 1.37. The van der Waals surface area contributed by atoms with Crippen LogP contribution in [0.2, 0.25) is 0 Å². The number of rotatable bonds is 4. The van der Waals surface area contributed by atoms with Crippen molar-refractivity contribution in [2.45, 2.75) is 6.92 Å². The van der Waals surface area contributed by atoms with E-state index >= 15 is 0 Å². The van der Waals surface area contributed by atoms with Crippen LogP contribution in [-0.2, 0) is 7.05 Å². The minimum absolute atomic E-state index is 0.129. The number of nitrogens with zero attached hydrogens (tertiary/aromatic N) is 2. The molecular weight excluding hydrogens is 260 g/mol. The van der Waals surface area contributed by atoms with Gasteiger partial charge < -0.3 is 14.6 Å². The van der Waals surface area contributed by atoms with E-state index in [2.05, 4.69) is 5.10 Å². The van der Waals surface area contributed by atoms with Crippen LogP contribution in [0.1, 0.15) is 17.3 Å². The van der Waals surface area contributed by atoms with Gasteiger partial charge in [-0.25, -0.2) is 0 Å². The third-order valence-corrected chi connectivity index (χ3v) is 3.10. The number of aryl methyl sites for hydroxylation is 1. The number of ketones is 1. The minimum Gasteiger partial charge on any atom is -0.506 e. The maximum atomic E-state index is 11.7. The molecule has 0 saturated carbocycles. The number of methoxy groups -OCH3 is 2. The molecule has 2 aromatic rings. The number of phenolic OH excluding ortho intramolecular Hbond substituents is 1. The molecule has 0 bridgehead atoms. The molecule has 0 aliphatic heterocycles. The number of phenols is 1. The summed E-state index contributed by atoms with van der Waals surface area (Å²) >= 11 is 0. The van der Waals surface area contributed by atoms with Crippen molar-refractivity contribution in [2.24, 2.45) is 7.05 Å². The standard InChI is InChI=1S/C14H16N2O4/c1-8(17)12-10(19-3)7-11(20-4)13(14(12)18)9-5-6-15-16(9)2/h5-7,18H,1-4H3. The zero-order valence-electron chi connectivity index (χ0n) is 11.8. The molecule has 1 heterocycles. The first-order valence-electron chi connectivity index (χ1n) is 5.98. The predicted octanol–water partition coefficient (Wildman–Crippen LogP) is 2.01. The van der Waals surface area contributed by atoms with Gasteiger partial charge in [0.2, 0.25) is 0 Å². The van der Waals surface area contributed by atoms with E-state index in [9.17, 15) is 9.90 Å². The van der Waals surface area contributed by atoms with E-state index in [0.29, 0.717) is 17.0 Å². The Hall–Kier alpha value is -2.50. The van der Waals surface area contributed by atoms with Gasteiger partial charge in [0.15, 0.2) is 5.78 Å². The van der Waals surface area contributed by atoms with Gasteiger partial charge in [-0.2, -0.15) is 5.10 Å². The summed E-state index contributed by atoms with van der Waals surface area (Å²) in [4.78, 5) is 11.7.